The summed E-state index contributed by atoms with van der Waals surface area (Å²) in [6.45, 7) is 4.10. The van der Waals surface area contributed by atoms with Gasteiger partial charge in [0.2, 0.25) is 0 Å². The van der Waals surface area contributed by atoms with Crippen LogP contribution in [0.2, 0.25) is 0 Å². The fourth-order valence-electron chi connectivity index (χ4n) is 5.18. The van der Waals surface area contributed by atoms with Gasteiger partial charge in [0.1, 0.15) is 11.3 Å². The number of aliphatic hydroxyl groups is 1. The van der Waals surface area contributed by atoms with Crippen LogP contribution in [0.1, 0.15) is 47.5 Å². The van der Waals surface area contributed by atoms with Crippen LogP contribution in [0.5, 0.6) is 0 Å². The van der Waals surface area contributed by atoms with Crippen LogP contribution in [-0.4, -0.2) is 48.3 Å². The number of aromatic nitrogens is 3. The third-order valence-electron chi connectivity index (χ3n) is 6.37. The van der Waals surface area contributed by atoms with E-state index in [0.717, 1.165) is 23.7 Å². The molecule has 5 heterocycles. The highest BCUT2D eigenvalue weighted by atomic mass is 16.5. The molecular formula is C21H24N4O3. The van der Waals surface area contributed by atoms with Gasteiger partial charge in [-0.2, -0.15) is 0 Å². The molecule has 3 aromatic rings. The lowest BCUT2D eigenvalue weighted by molar-refractivity contribution is -0.0533. The van der Waals surface area contributed by atoms with E-state index in [2.05, 4.69) is 14.7 Å². The molecule has 1 amide bonds. The van der Waals surface area contributed by atoms with Crippen molar-refractivity contribution in [3.8, 4) is 0 Å². The van der Waals surface area contributed by atoms with Crippen LogP contribution in [0.15, 0.2) is 35.2 Å². The number of carbonyl (C=O) groups excluding carboxylic acids is 1. The minimum absolute atomic E-state index is 0.0126. The molecule has 5 rings (SSSR count). The molecule has 1 unspecified atom stereocenters. The molecule has 3 aromatic heterocycles. The number of hydrogen-bond acceptors (Lipinski definition) is 5. The molecule has 0 saturated carbocycles. The molecule has 0 spiro atoms. The SMILES string of the molecule is Cc1noc(C)c1C(=O)N1[C@@H]2CC[C@H]1CC(O)(Cn1ccc3ccncc31)C2. The van der Waals surface area contributed by atoms with E-state index in [9.17, 15) is 9.90 Å². The molecule has 3 atom stereocenters. The summed E-state index contributed by atoms with van der Waals surface area (Å²) in [5.74, 6) is 0.551. The van der Waals surface area contributed by atoms with Gasteiger partial charge in [-0.15, -0.1) is 0 Å². The van der Waals surface area contributed by atoms with Crippen molar-refractivity contribution < 1.29 is 14.4 Å². The van der Waals surface area contributed by atoms with E-state index < -0.39 is 5.60 Å². The Morgan fingerprint density at radius 3 is 2.71 bits per heavy atom. The molecule has 7 nitrogen and oxygen atoms in total. The van der Waals surface area contributed by atoms with Crippen LogP contribution in [0.25, 0.3) is 10.9 Å². The van der Waals surface area contributed by atoms with Crippen molar-refractivity contribution in [3.63, 3.8) is 0 Å². The van der Waals surface area contributed by atoms with Gasteiger partial charge in [0, 0.05) is 29.9 Å². The molecule has 2 bridgehead atoms. The Morgan fingerprint density at radius 2 is 2.04 bits per heavy atom. The van der Waals surface area contributed by atoms with Gasteiger partial charge in [-0.1, -0.05) is 5.16 Å². The zero-order chi connectivity index (χ0) is 19.5. The average molecular weight is 380 g/mol. The fraction of sp³-hybridized carbons (Fsp3) is 0.476. The van der Waals surface area contributed by atoms with Gasteiger partial charge in [-0.3, -0.25) is 9.78 Å². The maximum atomic E-state index is 13.2. The van der Waals surface area contributed by atoms with E-state index in [-0.39, 0.29) is 18.0 Å². The molecular weight excluding hydrogens is 356 g/mol. The third kappa shape index (κ3) is 2.64. The molecule has 1 N–H and O–H groups in total. The van der Waals surface area contributed by atoms with E-state index in [1.54, 1.807) is 20.0 Å². The summed E-state index contributed by atoms with van der Waals surface area (Å²) in [5, 5.41) is 16.5. The minimum atomic E-state index is -0.830. The number of amides is 1. The fourth-order valence-corrected chi connectivity index (χ4v) is 5.18. The summed E-state index contributed by atoms with van der Waals surface area (Å²) in [4.78, 5) is 19.4. The lowest BCUT2D eigenvalue weighted by Crippen LogP contribution is -2.54. The molecule has 0 aliphatic carbocycles. The number of piperidine rings is 1. The molecule has 0 radical (unpaired) electrons. The third-order valence-corrected chi connectivity index (χ3v) is 6.37. The minimum Gasteiger partial charge on any atom is -0.388 e. The smallest absolute Gasteiger partial charge is 0.259 e. The van der Waals surface area contributed by atoms with Crippen LogP contribution in [0.3, 0.4) is 0 Å². The number of pyridine rings is 1. The average Bonchev–Trinajstić information content (AvgIpc) is 3.30. The zero-order valence-electron chi connectivity index (χ0n) is 16.1. The number of carbonyl (C=O) groups is 1. The second-order valence-electron chi connectivity index (χ2n) is 8.31. The van der Waals surface area contributed by atoms with E-state index in [0.29, 0.717) is 36.4 Å². The zero-order valence-corrected chi connectivity index (χ0v) is 16.1. The van der Waals surface area contributed by atoms with Gasteiger partial charge in [0.05, 0.1) is 29.6 Å². The number of rotatable bonds is 3. The van der Waals surface area contributed by atoms with Crippen LogP contribution in [-0.2, 0) is 6.54 Å². The molecule has 2 aliphatic rings. The van der Waals surface area contributed by atoms with Gasteiger partial charge in [-0.25, -0.2) is 0 Å². The monoisotopic (exact) mass is 380 g/mol. The topological polar surface area (TPSA) is 84.4 Å². The Labute approximate surface area is 162 Å². The molecule has 2 aliphatic heterocycles. The van der Waals surface area contributed by atoms with Crippen molar-refractivity contribution in [2.75, 3.05) is 0 Å². The Bertz CT molecular complexity index is 1020. The highest BCUT2D eigenvalue weighted by Crippen LogP contribution is 2.43. The highest BCUT2D eigenvalue weighted by molar-refractivity contribution is 5.96. The van der Waals surface area contributed by atoms with Crippen molar-refractivity contribution in [2.45, 2.75) is 63.8 Å². The summed E-state index contributed by atoms with van der Waals surface area (Å²) >= 11 is 0. The van der Waals surface area contributed by atoms with Crippen molar-refractivity contribution >= 4 is 16.8 Å². The Morgan fingerprint density at radius 1 is 1.29 bits per heavy atom. The molecule has 2 fully saturated rings. The van der Waals surface area contributed by atoms with Gasteiger partial charge >= 0.3 is 0 Å². The van der Waals surface area contributed by atoms with Crippen LogP contribution >= 0.6 is 0 Å². The van der Waals surface area contributed by atoms with E-state index in [4.69, 9.17) is 4.52 Å². The van der Waals surface area contributed by atoms with E-state index in [1.807, 2.05) is 29.4 Å². The summed E-state index contributed by atoms with van der Waals surface area (Å²) < 4.78 is 7.27. The summed E-state index contributed by atoms with van der Waals surface area (Å²) in [5.41, 5.74) is 1.40. The molecule has 2 saturated heterocycles. The van der Waals surface area contributed by atoms with E-state index in [1.165, 1.54) is 0 Å². The lowest BCUT2D eigenvalue weighted by Gasteiger charge is -2.44. The van der Waals surface area contributed by atoms with Crippen LogP contribution in [0.4, 0.5) is 0 Å². The Hall–Kier alpha value is -2.67. The van der Waals surface area contributed by atoms with Crippen molar-refractivity contribution in [2.24, 2.45) is 0 Å². The van der Waals surface area contributed by atoms with Gasteiger partial charge < -0.3 is 19.1 Å². The van der Waals surface area contributed by atoms with Crippen molar-refractivity contribution in [1.29, 1.82) is 0 Å². The Balaban J connectivity index is 1.40. The molecule has 7 heteroatoms. The lowest BCUT2D eigenvalue weighted by atomic mass is 9.85. The maximum absolute atomic E-state index is 13.2. The second kappa shape index (κ2) is 6.17. The van der Waals surface area contributed by atoms with Crippen LogP contribution < -0.4 is 0 Å². The molecule has 0 aromatic carbocycles. The van der Waals surface area contributed by atoms with Crippen LogP contribution in [0, 0.1) is 13.8 Å². The number of aryl methyl sites for hydroxylation is 2. The van der Waals surface area contributed by atoms with Gasteiger partial charge in [-0.05, 0) is 51.7 Å². The van der Waals surface area contributed by atoms with Crippen molar-refractivity contribution in [1.82, 2.24) is 19.6 Å². The largest absolute Gasteiger partial charge is 0.388 e. The summed E-state index contributed by atoms with van der Waals surface area (Å²) in [6, 6.07) is 4.12. The normalized spacial score (nSPS) is 26.9. The molecule has 28 heavy (non-hydrogen) atoms. The Kier molecular flexibility index (Phi) is 3.84. The first-order chi connectivity index (χ1) is 13.5. The first kappa shape index (κ1) is 17.4. The van der Waals surface area contributed by atoms with Gasteiger partial charge in [0.25, 0.3) is 5.91 Å². The first-order valence-corrected chi connectivity index (χ1v) is 9.82. The molecule has 146 valence electrons. The predicted octanol–water partition coefficient (Wildman–Crippen LogP) is 2.84. The summed E-state index contributed by atoms with van der Waals surface area (Å²) in [7, 11) is 0. The second-order valence-corrected chi connectivity index (χ2v) is 8.31. The number of hydrogen-bond donors (Lipinski definition) is 1. The standard InChI is InChI=1S/C21H24N4O3/c1-13-19(14(2)28-23-13)20(26)25-16-3-4-17(25)10-21(27,9-16)12-24-8-6-15-5-7-22-11-18(15)24/h5-8,11,16-17,27H,3-4,9-10,12H2,1-2H3/t16-,17+,21?. The number of fused-ring (bicyclic) bond motifs is 3. The quantitative estimate of drug-likeness (QED) is 0.755. The van der Waals surface area contributed by atoms with Crippen molar-refractivity contribution in [3.05, 3.63) is 47.7 Å². The van der Waals surface area contributed by atoms with E-state index >= 15 is 0 Å². The predicted molar refractivity (Wildman–Crippen MR) is 103 cm³/mol. The van der Waals surface area contributed by atoms with Gasteiger partial charge in [0.15, 0.2) is 0 Å². The first-order valence-electron chi connectivity index (χ1n) is 9.82. The highest BCUT2D eigenvalue weighted by Gasteiger charge is 2.50. The number of nitrogens with zero attached hydrogens (tertiary/aromatic N) is 4. The maximum Gasteiger partial charge on any atom is 0.259 e. The summed E-state index contributed by atoms with van der Waals surface area (Å²) in [6.07, 6.45) is 8.64.